The summed E-state index contributed by atoms with van der Waals surface area (Å²) in [4.78, 5) is 10.7. The Labute approximate surface area is 80.3 Å². The van der Waals surface area contributed by atoms with Crippen LogP contribution in [-0.2, 0) is 4.79 Å². The number of hydrogen-bond acceptors (Lipinski definition) is 1. The molecule has 0 rings (SSSR count). The van der Waals surface area contributed by atoms with Gasteiger partial charge in [0.2, 0.25) is 5.91 Å². The minimum Gasteiger partial charge on any atom is -0.352 e. The fourth-order valence-corrected chi connectivity index (χ4v) is 0.377. The van der Waals surface area contributed by atoms with Crippen LogP contribution in [0.5, 0.6) is 0 Å². The maximum atomic E-state index is 10.7. The molecule has 0 saturated heterocycles. The molecule has 0 aliphatic heterocycles. The molecule has 0 aliphatic rings. The van der Waals surface area contributed by atoms with E-state index in [0.29, 0.717) is 6.54 Å². The molecule has 0 aromatic rings. The van der Waals surface area contributed by atoms with Gasteiger partial charge in [0.15, 0.2) is 0 Å². The Balaban J connectivity index is -0.000000320. The van der Waals surface area contributed by atoms with Crippen LogP contribution in [0.1, 0.15) is 13.8 Å². The molecule has 0 aromatic carbocycles. The predicted octanol–water partition coefficient (Wildman–Crippen LogP) is 1.79. The van der Waals surface area contributed by atoms with Gasteiger partial charge in [-0.1, -0.05) is 19.9 Å². The highest BCUT2D eigenvalue weighted by Gasteiger charge is 2.02. The van der Waals surface area contributed by atoms with Gasteiger partial charge in [0.05, 0.1) is 0 Å². The summed E-state index contributed by atoms with van der Waals surface area (Å²) >= 11 is 0. The first-order chi connectivity index (χ1) is 4.18. The van der Waals surface area contributed by atoms with Crippen molar-refractivity contribution in [2.45, 2.75) is 13.8 Å². The Morgan fingerprint density at radius 3 is 2.27 bits per heavy atom. The van der Waals surface area contributed by atoms with E-state index in [0.717, 1.165) is 0 Å². The van der Waals surface area contributed by atoms with Crippen molar-refractivity contribution in [2.75, 3.05) is 6.54 Å². The van der Waals surface area contributed by atoms with E-state index in [1.165, 1.54) is 0 Å². The van der Waals surface area contributed by atoms with Crippen molar-refractivity contribution < 1.29 is 4.79 Å². The average Bonchev–Trinajstić information content (AvgIpc) is 1.82. The molecule has 0 radical (unpaired) electrons. The summed E-state index contributed by atoms with van der Waals surface area (Å²) in [5.74, 6) is 0.153. The third-order valence-electron chi connectivity index (χ3n) is 0.945. The number of rotatable bonds is 3. The van der Waals surface area contributed by atoms with E-state index < -0.39 is 0 Å². The Kier molecular flexibility index (Phi) is 15.2. The van der Waals surface area contributed by atoms with Gasteiger partial charge in [-0.05, 0) is 0 Å². The standard InChI is InChI=1S/C7H13NO.2ClH/c1-4-5-8-7(9)6(2)3;;/h4,6H,1,5H2,2-3H3,(H,8,9);2*1H. The third kappa shape index (κ3) is 9.79. The predicted molar refractivity (Wildman–Crippen MR) is 52.5 cm³/mol. The number of halogens is 2. The van der Waals surface area contributed by atoms with Crippen molar-refractivity contribution >= 4 is 30.7 Å². The summed E-state index contributed by atoms with van der Waals surface area (Å²) in [5.41, 5.74) is 0. The van der Waals surface area contributed by atoms with Crippen LogP contribution >= 0.6 is 24.8 Å². The molecular weight excluding hydrogens is 185 g/mol. The summed E-state index contributed by atoms with van der Waals surface area (Å²) in [7, 11) is 0. The van der Waals surface area contributed by atoms with Gasteiger partial charge in [0, 0.05) is 12.5 Å². The number of amides is 1. The Hall–Kier alpha value is -0.210. The maximum Gasteiger partial charge on any atom is 0.222 e. The van der Waals surface area contributed by atoms with Crippen molar-refractivity contribution in [3.8, 4) is 0 Å². The molecule has 2 nitrogen and oxygen atoms in total. The van der Waals surface area contributed by atoms with Gasteiger partial charge in [0.25, 0.3) is 0 Å². The quantitative estimate of drug-likeness (QED) is 0.691. The fourth-order valence-electron chi connectivity index (χ4n) is 0.377. The van der Waals surface area contributed by atoms with Crippen molar-refractivity contribution in [3.05, 3.63) is 12.7 Å². The Morgan fingerprint density at radius 2 is 2.00 bits per heavy atom. The maximum absolute atomic E-state index is 10.7. The molecule has 0 spiro atoms. The monoisotopic (exact) mass is 199 g/mol. The lowest BCUT2D eigenvalue weighted by Gasteiger charge is -2.03. The van der Waals surface area contributed by atoms with E-state index in [4.69, 9.17) is 0 Å². The van der Waals surface area contributed by atoms with Gasteiger partial charge in [-0.3, -0.25) is 4.79 Å². The molecule has 4 heteroatoms. The van der Waals surface area contributed by atoms with Crippen LogP contribution in [0.15, 0.2) is 12.7 Å². The topological polar surface area (TPSA) is 29.1 Å². The van der Waals surface area contributed by atoms with Crippen LogP contribution in [0.4, 0.5) is 0 Å². The number of carbonyl (C=O) groups is 1. The molecule has 11 heavy (non-hydrogen) atoms. The minimum absolute atomic E-state index is 0. The van der Waals surface area contributed by atoms with Gasteiger partial charge >= 0.3 is 0 Å². The number of nitrogens with one attached hydrogen (secondary N) is 1. The van der Waals surface area contributed by atoms with Gasteiger partial charge in [-0.25, -0.2) is 0 Å². The molecule has 1 amide bonds. The summed E-state index contributed by atoms with van der Waals surface area (Å²) in [5, 5.41) is 2.67. The van der Waals surface area contributed by atoms with E-state index in [1.807, 2.05) is 13.8 Å². The molecule has 0 unspecified atom stereocenters. The second-order valence-electron chi connectivity index (χ2n) is 2.19. The molecule has 0 saturated carbocycles. The first kappa shape index (κ1) is 17.0. The lowest BCUT2D eigenvalue weighted by Crippen LogP contribution is -2.27. The summed E-state index contributed by atoms with van der Waals surface area (Å²) < 4.78 is 0. The van der Waals surface area contributed by atoms with Crippen molar-refractivity contribution in [2.24, 2.45) is 5.92 Å². The van der Waals surface area contributed by atoms with Crippen molar-refractivity contribution in [1.82, 2.24) is 5.32 Å². The largest absolute Gasteiger partial charge is 0.352 e. The van der Waals surface area contributed by atoms with Gasteiger partial charge in [-0.15, -0.1) is 31.4 Å². The molecule has 1 N–H and O–H groups in total. The summed E-state index contributed by atoms with van der Waals surface area (Å²) in [6.45, 7) is 7.76. The average molecular weight is 200 g/mol. The molecule has 0 aromatic heterocycles. The van der Waals surface area contributed by atoms with Crippen molar-refractivity contribution in [3.63, 3.8) is 0 Å². The van der Waals surface area contributed by atoms with Crippen LogP contribution in [0.25, 0.3) is 0 Å². The van der Waals surface area contributed by atoms with Gasteiger partial charge in [-0.2, -0.15) is 0 Å². The molecule has 0 bridgehead atoms. The van der Waals surface area contributed by atoms with E-state index in [9.17, 15) is 4.79 Å². The zero-order valence-corrected chi connectivity index (χ0v) is 8.43. The molecule has 0 heterocycles. The molecule has 0 fully saturated rings. The highest BCUT2D eigenvalue weighted by molar-refractivity contribution is 5.85. The minimum atomic E-state index is 0. The summed E-state index contributed by atoms with van der Waals surface area (Å²) in [6.07, 6.45) is 1.67. The van der Waals surface area contributed by atoms with Crippen molar-refractivity contribution in [1.29, 1.82) is 0 Å². The first-order valence-electron chi connectivity index (χ1n) is 3.07. The van der Waals surface area contributed by atoms with Crippen LogP contribution in [0.3, 0.4) is 0 Å². The third-order valence-corrected chi connectivity index (χ3v) is 0.945. The second kappa shape index (κ2) is 9.79. The number of hydrogen-bond donors (Lipinski definition) is 1. The first-order valence-corrected chi connectivity index (χ1v) is 3.07. The highest BCUT2D eigenvalue weighted by Crippen LogP contribution is 1.88. The number of carbonyl (C=O) groups excluding carboxylic acids is 1. The Bertz CT molecular complexity index is 115. The van der Waals surface area contributed by atoms with Crippen LogP contribution in [0.2, 0.25) is 0 Å². The Morgan fingerprint density at radius 1 is 1.55 bits per heavy atom. The second-order valence-corrected chi connectivity index (χ2v) is 2.19. The lowest BCUT2D eigenvalue weighted by molar-refractivity contribution is -0.123. The molecular formula is C7H15Cl2NO. The summed E-state index contributed by atoms with van der Waals surface area (Å²) in [6, 6.07) is 0. The zero-order chi connectivity index (χ0) is 7.28. The highest BCUT2D eigenvalue weighted by atomic mass is 35.5. The van der Waals surface area contributed by atoms with Gasteiger partial charge < -0.3 is 5.32 Å². The molecule has 0 atom stereocenters. The van der Waals surface area contributed by atoms with E-state index in [2.05, 4.69) is 11.9 Å². The molecule has 68 valence electrons. The van der Waals surface area contributed by atoms with E-state index in [-0.39, 0.29) is 36.6 Å². The smallest absolute Gasteiger partial charge is 0.222 e. The normalized spacial score (nSPS) is 7.55. The van der Waals surface area contributed by atoms with E-state index in [1.54, 1.807) is 6.08 Å². The fraction of sp³-hybridized carbons (Fsp3) is 0.571. The van der Waals surface area contributed by atoms with Crippen LogP contribution in [0, 0.1) is 5.92 Å². The molecule has 0 aliphatic carbocycles. The van der Waals surface area contributed by atoms with Gasteiger partial charge in [0.1, 0.15) is 0 Å². The van der Waals surface area contributed by atoms with Crippen LogP contribution in [-0.4, -0.2) is 12.5 Å². The lowest BCUT2D eigenvalue weighted by atomic mass is 10.2. The van der Waals surface area contributed by atoms with E-state index >= 15 is 0 Å². The zero-order valence-electron chi connectivity index (χ0n) is 6.79. The van der Waals surface area contributed by atoms with Crippen LogP contribution < -0.4 is 5.32 Å². The SMILES string of the molecule is C=CCNC(=O)C(C)C.Cl.Cl.